The predicted molar refractivity (Wildman–Crippen MR) is 146 cm³/mol. The highest BCUT2D eigenvalue weighted by Crippen LogP contribution is 2.40. The van der Waals surface area contributed by atoms with Crippen molar-refractivity contribution in [1.29, 1.82) is 0 Å². The molecule has 0 saturated carbocycles. The Morgan fingerprint density at radius 1 is 1.00 bits per heavy atom. The molecule has 2 aromatic heterocycles. The normalized spacial score (nSPS) is 15.8. The molecule has 0 bridgehead atoms. The van der Waals surface area contributed by atoms with Crippen LogP contribution in [-0.4, -0.2) is 31.2 Å². The number of hydrogen-bond acceptors (Lipinski definition) is 5. The van der Waals surface area contributed by atoms with Gasteiger partial charge in [0, 0.05) is 29.4 Å². The third kappa shape index (κ3) is 4.20. The SMILES string of the molecule is Cc1cc2cc([C@H](c3nnnn3CCc3ccccc3)N3c4ccccc4C[C@@H]3C)c(=O)[nH]c2cc1C. The van der Waals surface area contributed by atoms with Crippen LogP contribution in [0.3, 0.4) is 0 Å². The summed E-state index contributed by atoms with van der Waals surface area (Å²) in [6.07, 6.45) is 1.70. The van der Waals surface area contributed by atoms with Gasteiger partial charge in [0.05, 0.1) is 0 Å². The summed E-state index contributed by atoms with van der Waals surface area (Å²) in [5.41, 5.74) is 7.33. The summed E-state index contributed by atoms with van der Waals surface area (Å²) in [5, 5.41) is 14.0. The van der Waals surface area contributed by atoms with Crippen molar-refractivity contribution in [2.75, 3.05) is 4.90 Å². The molecule has 0 fully saturated rings. The van der Waals surface area contributed by atoms with Gasteiger partial charge in [0.15, 0.2) is 5.82 Å². The van der Waals surface area contributed by atoms with Gasteiger partial charge in [-0.15, -0.1) is 5.10 Å². The second-order valence-electron chi connectivity index (χ2n) is 10.1. The standard InChI is InChI=1S/C30H30N6O/c1-19-15-24-18-25(30(37)31-26(24)16-20(19)2)28(36-21(3)17-23-11-7-8-12-27(23)36)29-32-33-34-35(29)14-13-22-9-5-4-6-10-22/h4-12,15-16,18,21,28H,13-14,17H2,1-3H3,(H,31,37)/t21-,28+/m0/s1. The van der Waals surface area contributed by atoms with Gasteiger partial charge in [-0.3, -0.25) is 4.79 Å². The quantitative estimate of drug-likeness (QED) is 0.366. The minimum absolute atomic E-state index is 0.116. The number of H-pyrrole nitrogens is 1. The maximum absolute atomic E-state index is 13.7. The van der Waals surface area contributed by atoms with E-state index in [1.54, 1.807) is 0 Å². The van der Waals surface area contributed by atoms with Crippen molar-refractivity contribution in [3.05, 3.63) is 117 Å². The smallest absolute Gasteiger partial charge is 0.254 e. The van der Waals surface area contributed by atoms with Crippen LogP contribution >= 0.6 is 0 Å². The molecule has 0 radical (unpaired) electrons. The number of rotatable bonds is 6. The topological polar surface area (TPSA) is 79.7 Å². The number of tetrazole rings is 1. The van der Waals surface area contributed by atoms with Gasteiger partial charge in [-0.1, -0.05) is 48.5 Å². The number of aromatic amines is 1. The maximum Gasteiger partial charge on any atom is 0.254 e. The number of aryl methyl sites for hydroxylation is 4. The van der Waals surface area contributed by atoms with Gasteiger partial charge in [0.1, 0.15) is 6.04 Å². The number of pyridine rings is 1. The van der Waals surface area contributed by atoms with E-state index < -0.39 is 6.04 Å². The molecule has 0 amide bonds. The van der Waals surface area contributed by atoms with Gasteiger partial charge in [0.2, 0.25) is 0 Å². The summed E-state index contributed by atoms with van der Waals surface area (Å²) in [6.45, 7) is 6.98. The Morgan fingerprint density at radius 3 is 2.59 bits per heavy atom. The van der Waals surface area contributed by atoms with Crippen molar-refractivity contribution in [3.63, 3.8) is 0 Å². The summed E-state index contributed by atoms with van der Waals surface area (Å²) < 4.78 is 1.86. The first-order valence-electron chi connectivity index (χ1n) is 12.8. The molecule has 186 valence electrons. The zero-order chi connectivity index (χ0) is 25.5. The largest absolute Gasteiger partial charge is 0.354 e. The summed E-state index contributed by atoms with van der Waals surface area (Å²) in [5.74, 6) is 0.674. The average molecular weight is 491 g/mol. The summed E-state index contributed by atoms with van der Waals surface area (Å²) in [7, 11) is 0. The van der Waals surface area contributed by atoms with E-state index in [-0.39, 0.29) is 11.6 Å². The molecule has 1 aliphatic heterocycles. The number of anilines is 1. The van der Waals surface area contributed by atoms with Gasteiger partial charge in [-0.2, -0.15) is 0 Å². The number of para-hydroxylation sites is 1. The van der Waals surface area contributed by atoms with Crippen LogP contribution in [0.5, 0.6) is 0 Å². The number of aromatic nitrogens is 5. The lowest BCUT2D eigenvalue weighted by Gasteiger charge is -2.33. The fraction of sp³-hybridized carbons (Fsp3) is 0.267. The first-order valence-corrected chi connectivity index (χ1v) is 12.8. The monoisotopic (exact) mass is 490 g/mol. The van der Waals surface area contributed by atoms with Crippen LogP contribution < -0.4 is 10.5 Å². The van der Waals surface area contributed by atoms with Crippen LogP contribution in [0.15, 0.2) is 77.6 Å². The van der Waals surface area contributed by atoms with E-state index in [0.717, 1.165) is 35.0 Å². The van der Waals surface area contributed by atoms with E-state index in [1.165, 1.54) is 16.7 Å². The van der Waals surface area contributed by atoms with E-state index in [0.29, 0.717) is 17.9 Å². The second kappa shape index (κ2) is 9.32. The molecule has 7 heteroatoms. The molecule has 0 aliphatic carbocycles. The fourth-order valence-electron chi connectivity index (χ4n) is 5.54. The van der Waals surface area contributed by atoms with E-state index >= 15 is 0 Å². The highest BCUT2D eigenvalue weighted by molar-refractivity contribution is 5.81. The van der Waals surface area contributed by atoms with Crippen LogP contribution in [0.2, 0.25) is 0 Å². The highest BCUT2D eigenvalue weighted by atomic mass is 16.1. The number of nitrogens with zero attached hydrogens (tertiary/aromatic N) is 5. The maximum atomic E-state index is 13.7. The zero-order valence-electron chi connectivity index (χ0n) is 21.3. The first kappa shape index (κ1) is 23.2. The Balaban J connectivity index is 1.51. The summed E-state index contributed by atoms with van der Waals surface area (Å²) in [6, 6.07) is 24.7. The van der Waals surface area contributed by atoms with E-state index in [9.17, 15) is 4.79 Å². The number of benzene rings is 3. The third-order valence-electron chi connectivity index (χ3n) is 7.58. The van der Waals surface area contributed by atoms with Gasteiger partial charge in [0.25, 0.3) is 5.56 Å². The van der Waals surface area contributed by atoms with E-state index in [1.807, 2.05) is 35.0 Å². The highest BCUT2D eigenvalue weighted by Gasteiger charge is 2.37. The molecule has 5 aromatic rings. The van der Waals surface area contributed by atoms with Gasteiger partial charge >= 0.3 is 0 Å². The molecule has 6 rings (SSSR count). The molecule has 0 spiro atoms. The number of fused-ring (bicyclic) bond motifs is 2. The Labute approximate surface area is 215 Å². The molecule has 7 nitrogen and oxygen atoms in total. The molecular formula is C30H30N6O. The Morgan fingerprint density at radius 2 is 1.76 bits per heavy atom. The van der Waals surface area contributed by atoms with Gasteiger partial charge in [-0.05, 0) is 95.9 Å². The van der Waals surface area contributed by atoms with Crippen molar-refractivity contribution >= 4 is 16.6 Å². The molecule has 1 N–H and O–H groups in total. The van der Waals surface area contributed by atoms with E-state index in [2.05, 4.69) is 88.6 Å². The minimum atomic E-state index is -0.431. The molecule has 0 saturated heterocycles. The van der Waals surface area contributed by atoms with Crippen LogP contribution in [0.1, 0.15) is 46.6 Å². The lowest BCUT2D eigenvalue weighted by Crippen LogP contribution is -2.39. The van der Waals surface area contributed by atoms with Crippen LogP contribution in [0.25, 0.3) is 10.9 Å². The molecule has 0 unspecified atom stereocenters. The fourth-order valence-corrected chi connectivity index (χ4v) is 5.54. The van der Waals surface area contributed by atoms with Gasteiger partial charge in [-0.25, -0.2) is 4.68 Å². The Bertz CT molecular complexity index is 1640. The molecule has 37 heavy (non-hydrogen) atoms. The van der Waals surface area contributed by atoms with Crippen molar-refractivity contribution in [1.82, 2.24) is 25.2 Å². The number of nitrogens with one attached hydrogen (secondary N) is 1. The Kier molecular flexibility index (Phi) is 5.83. The van der Waals surface area contributed by atoms with E-state index in [4.69, 9.17) is 0 Å². The molecule has 2 atom stereocenters. The molecular weight excluding hydrogens is 460 g/mol. The van der Waals surface area contributed by atoms with Crippen LogP contribution in [0, 0.1) is 13.8 Å². The molecule has 3 aromatic carbocycles. The summed E-state index contributed by atoms with van der Waals surface area (Å²) in [4.78, 5) is 19.1. The molecule has 3 heterocycles. The lowest BCUT2D eigenvalue weighted by atomic mass is 10.00. The van der Waals surface area contributed by atoms with Gasteiger partial charge < -0.3 is 9.88 Å². The van der Waals surface area contributed by atoms with Crippen molar-refractivity contribution in [3.8, 4) is 0 Å². The van der Waals surface area contributed by atoms with Crippen molar-refractivity contribution < 1.29 is 0 Å². The van der Waals surface area contributed by atoms with Crippen molar-refractivity contribution in [2.45, 2.75) is 52.2 Å². The third-order valence-corrected chi connectivity index (χ3v) is 7.58. The first-order chi connectivity index (χ1) is 18.0. The second-order valence-corrected chi connectivity index (χ2v) is 10.1. The summed E-state index contributed by atoms with van der Waals surface area (Å²) >= 11 is 0. The molecule has 1 aliphatic rings. The van der Waals surface area contributed by atoms with Crippen LogP contribution in [0.4, 0.5) is 5.69 Å². The zero-order valence-corrected chi connectivity index (χ0v) is 21.3. The predicted octanol–water partition coefficient (Wildman–Crippen LogP) is 4.91. The Hall–Kier alpha value is -4.26. The van der Waals surface area contributed by atoms with Crippen molar-refractivity contribution in [2.24, 2.45) is 0 Å². The minimum Gasteiger partial charge on any atom is -0.354 e. The lowest BCUT2D eigenvalue weighted by molar-refractivity contribution is 0.519. The van der Waals surface area contributed by atoms with Crippen LogP contribution in [-0.2, 0) is 19.4 Å². The number of hydrogen-bond donors (Lipinski definition) is 1. The average Bonchev–Trinajstić information content (AvgIpc) is 3.49.